The molecule has 2 N–H and O–H groups in total. The van der Waals surface area contributed by atoms with E-state index in [1.54, 1.807) is 0 Å². The molecule has 1 heteroatoms. The molecule has 0 heterocycles. The van der Waals surface area contributed by atoms with E-state index in [9.17, 15) is 0 Å². The molecule has 2 aromatic carbocycles. The SMILES string of the molecule is CCCCc1ccc(C(N)Cc2cccc(C)c2)cc1. The van der Waals surface area contributed by atoms with Crippen LogP contribution in [0.25, 0.3) is 0 Å². The van der Waals surface area contributed by atoms with Crippen LogP contribution in [0.5, 0.6) is 0 Å². The van der Waals surface area contributed by atoms with E-state index < -0.39 is 0 Å². The first kappa shape index (κ1) is 14.8. The van der Waals surface area contributed by atoms with Crippen LogP contribution in [0, 0.1) is 6.92 Å². The molecule has 0 aliphatic heterocycles. The van der Waals surface area contributed by atoms with Gasteiger partial charge in [-0.15, -0.1) is 0 Å². The first-order chi connectivity index (χ1) is 9.69. The molecule has 1 atom stereocenters. The predicted octanol–water partition coefficient (Wildman–Crippen LogP) is 4.58. The van der Waals surface area contributed by atoms with Crippen LogP contribution in [0.3, 0.4) is 0 Å². The fourth-order valence-electron chi connectivity index (χ4n) is 2.52. The fraction of sp³-hybridized carbons (Fsp3) is 0.368. The minimum atomic E-state index is 0.0806. The number of aryl methyl sites for hydroxylation is 2. The normalized spacial score (nSPS) is 12.3. The topological polar surface area (TPSA) is 26.0 Å². The maximum absolute atomic E-state index is 6.33. The highest BCUT2D eigenvalue weighted by molar-refractivity contribution is 5.28. The summed E-state index contributed by atoms with van der Waals surface area (Å²) in [5, 5.41) is 0. The Labute approximate surface area is 122 Å². The Morgan fingerprint density at radius 3 is 2.40 bits per heavy atom. The first-order valence-electron chi connectivity index (χ1n) is 7.59. The fourth-order valence-corrected chi connectivity index (χ4v) is 2.52. The first-order valence-corrected chi connectivity index (χ1v) is 7.59. The van der Waals surface area contributed by atoms with Crippen LogP contribution in [-0.2, 0) is 12.8 Å². The molecule has 2 rings (SSSR count). The van der Waals surface area contributed by atoms with Gasteiger partial charge in [0.05, 0.1) is 0 Å². The molecule has 0 saturated carbocycles. The molecule has 0 aromatic heterocycles. The summed E-state index contributed by atoms with van der Waals surface area (Å²) in [5.74, 6) is 0. The van der Waals surface area contributed by atoms with Gasteiger partial charge >= 0.3 is 0 Å². The highest BCUT2D eigenvalue weighted by Gasteiger charge is 2.07. The molecule has 0 aliphatic carbocycles. The molecule has 1 unspecified atom stereocenters. The monoisotopic (exact) mass is 267 g/mol. The Kier molecular flexibility index (Phi) is 5.37. The summed E-state index contributed by atoms with van der Waals surface area (Å²) in [6, 6.07) is 17.5. The van der Waals surface area contributed by atoms with Crippen molar-refractivity contribution in [2.75, 3.05) is 0 Å². The zero-order valence-corrected chi connectivity index (χ0v) is 12.6. The van der Waals surface area contributed by atoms with Gasteiger partial charge in [0.25, 0.3) is 0 Å². The number of unbranched alkanes of at least 4 members (excludes halogenated alkanes) is 1. The second kappa shape index (κ2) is 7.25. The van der Waals surface area contributed by atoms with Crippen LogP contribution in [0.2, 0.25) is 0 Å². The molecule has 0 aliphatic rings. The standard InChI is InChI=1S/C19H25N/c1-3-4-7-16-9-11-18(12-10-16)19(20)14-17-8-5-6-15(2)13-17/h5-6,8-13,19H,3-4,7,14,20H2,1-2H3. The van der Waals surface area contributed by atoms with Crippen LogP contribution < -0.4 is 5.73 Å². The third-order valence-corrected chi connectivity index (χ3v) is 3.76. The molecular weight excluding hydrogens is 242 g/mol. The number of hydrogen-bond donors (Lipinski definition) is 1. The molecule has 20 heavy (non-hydrogen) atoms. The van der Waals surface area contributed by atoms with Gasteiger partial charge in [-0.2, -0.15) is 0 Å². The smallest absolute Gasteiger partial charge is 0.0335 e. The zero-order valence-electron chi connectivity index (χ0n) is 12.6. The van der Waals surface area contributed by atoms with Gasteiger partial charge in [-0.25, -0.2) is 0 Å². The molecule has 0 saturated heterocycles. The molecule has 2 aromatic rings. The lowest BCUT2D eigenvalue weighted by molar-refractivity contribution is 0.720. The summed E-state index contributed by atoms with van der Waals surface area (Å²) in [4.78, 5) is 0. The molecule has 1 nitrogen and oxygen atoms in total. The number of rotatable bonds is 6. The van der Waals surface area contributed by atoms with Gasteiger partial charge in [0.2, 0.25) is 0 Å². The second-order valence-corrected chi connectivity index (χ2v) is 5.64. The van der Waals surface area contributed by atoms with E-state index in [0.29, 0.717) is 0 Å². The summed E-state index contributed by atoms with van der Waals surface area (Å²) in [6.45, 7) is 4.35. The van der Waals surface area contributed by atoms with Gasteiger partial charge in [0.1, 0.15) is 0 Å². The molecule has 0 amide bonds. The summed E-state index contributed by atoms with van der Waals surface area (Å²) in [7, 11) is 0. The van der Waals surface area contributed by atoms with Gasteiger partial charge in [-0.05, 0) is 42.9 Å². The van der Waals surface area contributed by atoms with Crippen molar-refractivity contribution in [2.45, 2.75) is 45.6 Å². The molecule has 0 bridgehead atoms. The second-order valence-electron chi connectivity index (χ2n) is 5.64. The van der Waals surface area contributed by atoms with E-state index in [-0.39, 0.29) is 6.04 Å². The van der Waals surface area contributed by atoms with Gasteiger partial charge in [-0.3, -0.25) is 0 Å². The number of benzene rings is 2. The Morgan fingerprint density at radius 2 is 1.75 bits per heavy atom. The van der Waals surface area contributed by atoms with Gasteiger partial charge in [-0.1, -0.05) is 67.4 Å². The predicted molar refractivity (Wildman–Crippen MR) is 86.9 cm³/mol. The summed E-state index contributed by atoms with van der Waals surface area (Å²) in [6.07, 6.45) is 4.57. The summed E-state index contributed by atoms with van der Waals surface area (Å²) in [5.41, 5.74) is 11.6. The number of nitrogens with two attached hydrogens (primary N) is 1. The summed E-state index contributed by atoms with van der Waals surface area (Å²) < 4.78 is 0. The van der Waals surface area contributed by atoms with E-state index in [1.165, 1.54) is 41.5 Å². The van der Waals surface area contributed by atoms with Gasteiger partial charge < -0.3 is 5.73 Å². The minimum absolute atomic E-state index is 0.0806. The molecule has 106 valence electrons. The maximum atomic E-state index is 6.33. The van der Waals surface area contributed by atoms with Crippen molar-refractivity contribution < 1.29 is 0 Å². The van der Waals surface area contributed by atoms with Crippen LogP contribution in [0.4, 0.5) is 0 Å². The lowest BCUT2D eigenvalue weighted by Gasteiger charge is -2.13. The highest BCUT2D eigenvalue weighted by Crippen LogP contribution is 2.18. The average molecular weight is 267 g/mol. The zero-order chi connectivity index (χ0) is 14.4. The van der Waals surface area contributed by atoms with E-state index >= 15 is 0 Å². The molecular formula is C19H25N. The van der Waals surface area contributed by atoms with Crippen molar-refractivity contribution in [3.8, 4) is 0 Å². The highest BCUT2D eigenvalue weighted by atomic mass is 14.6. The van der Waals surface area contributed by atoms with E-state index in [2.05, 4.69) is 62.4 Å². The summed E-state index contributed by atoms with van der Waals surface area (Å²) >= 11 is 0. The van der Waals surface area contributed by atoms with Crippen molar-refractivity contribution in [1.29, 1.82) is 0 Å². The third kappa shape index (κ3) is 4.21. The largest absolute Gasteiger partial charge is 0.324 e. The lowest BCUT2D eigenvalue weighted by atomic mass is 9.97. The Balaban J connectivity index is 2.00. The molecule has 0 radical (unpaired) electrons. The van der Waals surface area contributed by atoms with Crippen molar-refractivity contribution in [2.24, 2.45) is 5.73 Å². The van der Waals surface area contributed by atoms with E-state index in [4.69, 9.17) is 5.73 Å². The van der Waals surface area contributed by atoms with E-state index in [1.807, 2.05) is 0 Å². The van der Waals surface area contributed by atoms with E-state index in [0.717, 1.165) is 6.42 Å². The van der Waals surface area contributed by atoms with Crippen LogP contribution in [0.15, 0.2) is 48.5 Å². The third-order valence-electron chi connectivity index (χ3n) is 3.76. The van der Waals surface area contributed by atoms with Crippen LogP contribution in [0.1, 0.15) is 48.1 Å². The van der Waals surface area contributed by atoms with Crippen molar-refractivity contribution >= 4 is 0 Å². The van der Waals surface area contributed by atoms with Gasteiger partial charge in [0.15, 0.2) is 0 Å². The lowest BCUT2D eigenvalue weighted by Crippen LogP contribution is -2.13. The van der Waals surface area contributed by atoms with Crippen molar-refractivity contribution in [3.05, 3.63) is 70.8 Å². The maximum Gasteiger partial charge on any atom is 0.0335 e. The Morgan fingerprint density at radius 1 is 1.00 bits per heavy atom. The Hall–Kier alpha value is -1.60. The molecule has 0 spiro atoms. The van der Waals surface area contributed by atoms with Crippen LogP contribution in [-0.4, -0.2) is 0 Å². The quantitative estimate of drug-likeness (QED) is 0.814. The average Bonchev–Trinajstić information content (AvgIpc) is 2.45. The number of hydrogen-bond acceptors (Lipinski definition) is 1. The van der Waals surface area contributed by atoms with Crippen LogP contribution >= 0.6 is 0 Å². The van der Waals surface area contributed by atoms with Crippen molar-refractivity contribution in [3.63, 3.8) is 0 Å². The molecule has 0 fully saturated rings. The van der Waals surface area contributed by atoms with Crippen molar-refractivity contribution in [1.82, 2.24) is 0 Å². The van der Waals surface area contributed by atoms with Gasteiger partial charge in [0, 0.05) is 6.04 Å². The minimum Gasteiger partial charge on any atom is -0.324 e. The Bertz CT molecular complexity index is 528.